The van der Waals surface area contributed by atoms with E-state index in [1.807, 2.05) is 0 Å². The van der Waals surface area contributed by atoms with E-state index in [9.17, 15) is 0 Å². The maximum absolute atomic E-state index is 5.77. The summed E-state index contributed by atoms with van der Waals surface area (Å²) in [6, 6.07) is 4.74. The van der Waals surface area contributed by atoms with Gasteiger partial charge in [-0.2, -0.15) is 0 Å². The molecule has 66 valence electrons. The van der Waals surface area contributed by atoms with E-state index in [2.05, 4.69) is 0 Å². The fourth-order valence-corrected chi connectivity index (χ4v) is 1.76. The zero-order valence-corrected chi connectivity index (χ0v) is 9.40. The van der Waals surface area contributed by atoms with Crippen molar-refractivity contribution in [2.24, 2.45) is 0 Å². The normalized spacial score (nSPS) is 11.8. The van der Waals surface area contributed by atoms with Gasteiger partial charge in [0, 0.05) is 15.6 Å². The van der Waals surface area contributed by atoms with Crippen LogP contribution < -0.4 is 0 Å². The first-order chi connectivity index (χ1) is 5.41. The molecule has 1 aromatic rings. The molecule has 0 N–H and O–H groups in total. The van der Waals surface area contributed by atoms with Gasteiger partial charge in [-0.1, -0.05) is 58.0 Å². The maximum Gasteiger partial charge on any atom is 0.217 e. The van der Waals surface area contributed by atoms with Gasteiger partial charge in [-0.25, -0.2) is 0 Å². The van der Waals surface area contributed by atoms with Crippen molar-refractivity contribution in [1.29, 1.82) is 0 Å². The second-order valence-electron chi connectivity index (χ2n) is 2.12. The minimum absolute atomic E-state index is 0.388. The highest BCUT2D eigenvalue weighted by atomic mass is 35.6. The molecular weight excluding hydrogens is 261 g/mol. The van der Waals surface area contributed by atoms with E-state index in [-0.39, 0.29) is 0 Å². The molecule has 0 heterocycles. The van der Waals surface area contributed by atoms with Crippen molar-refractivity contribution in [3.8, 4) is 0 Å². The smallest absolute Gasteiger partial charge is 0.0843 e. The predicted octanol–water partition coefficient (Wildman–Crippen LogP) is 4.82. The Morgan fingerprint density at radius 3 is 2.00 bits per heavy atom. The van der Waals surface area contributed by atoms with Crippen LogP contribution in [0.2, 0.25) is 10.0 Å². The highest BCUT2D eigenvalue weighted by Gasteiger charge is 2.25. The number of hydrogen-bond donors (Lipinski definition) is 0. The van der Waals surface area contributed by atoms with Crippen molar-refractivity contribution in [3.05, 3.63) is 33.8 Å². The van der Waals surface area contributed by atoms with Crippen molar-refractivity contribution >= 4 is 58.0 Å². The van der Waals surface area contributed by atoms with E-state index in [1.165, 1.54) is 6.07 Å². The Hall–Kier alpha value is 0.670. The van der Waals surface area contributed by atoms with Gasteiger partial charge in [0.15, 0.2) is 0 Å². The van der Waals surface area contributed by atoms with Crippen molar-refractivity contribution in [2.75, 3.05) is 0 Å². The molecule has 0 bridgehead atoms. The summed E-state index contributed by atoms with van der Waals surface area (Å²) in [6.45, 7) is 0. The Kier molecular flexibility index (Phi) is 3.41. The van der Waals surface area contributed by atoms with Gasteiger partial charge in [-0.3, -0.25) is 0 Å². The van der Waals surface area contributed by atoms with Gasteiger partial charge in [-0.15, -0.1) is 0 Å². The van der Waals surface area contributed by atoms with E-state index < -0.39 is 3.79 Å². The molecule has 0 spiro atoms. The lowest BCUT2D eigenvalue weighted by Gasteiger charge is -2.12. The second-order valence-corrected chi connectivity index (χ2v) is 5.25. The maximum atomic E-state index is 5.77. The molecule has 0 radical (unpaired) electrons. The van der Waals surface area contributed by atoms with Crippen molar-refractivity contribution in [3.63, 3.8) is 0 Å². The summed E-state index contributed by atoms with van der Waals surface area (Å²) in [7, 11) is 0. The standard InChI is InChI=1S/C7H3Cl5/c8-4-1-2-6(9)5(3-4)7(10,11)12/h1-3H. The second kappa shape index (κ2) is 3.81. The first-order valence-corrected chi connectivity index (χ1v) is 4.82. The van der Waals surface area contributed by atoms with Gasteiger partial charge in [0.2, 0.25) is 3.79 Å². The molecule has 0 saturated heterocycles. The molecular formula is C7H3Cl5. The van der Waals surface area contributed by atoms with Crippen LogP contribution in [0.4, 0.5) is 0 Å². The molecule has 1 rings (SSSR count). The quantitative estimate of drug-likeness (QED) is 0.589. The molecule has 0 atom stereocenters. The lowest BCUT2D eigenvalue weighted by atomic mass is 10.2. The Balaban J connectivity index is 3.23. The Bertz CT molecular complexity index is 288. The highest BCUT2D eigenvalue weighted by molar-refractivity contribution is 6.67. The van der Waals surface area contributed by atoms with Gasteiger partial charge in [0.1, 0.15) is 0 Å². The average molecular weight is 264 g/mol. The zero-order valence-electron chi connectivity index (χ0n) is 5.62. The predicted molar refractivity (Wildman–Crippen MR) is 55.7 cm³/mol. The molecule has 0 fully saturated rings. The zero-order chi connectivity index (χ0) is 9.35. The van der Waals surface area contributed by atoms with Crippen LogP contribution in [-0.2, 0) is 3.79 Å². The van der Waals surface area contributed by atoms with Gasteiger partial charge >= 0.3 is 0 Å². The van der Waals surface area contributed by atoms with Gasteiger partial charge in [0.05, 0.1) is 0 Å². The number of alkyl halides is 3. The summed E-state index contributed by atoms with van der Waals surface area (Å²) in [5.41, 5.74) is 0.390. The summed E-state index contributed by atoms with van der Waals surface area (Å²) >= 11 is 28.3. The Labute approximate surface area is 95.3 Å². The monoisotopic (exact) mass is 262 g/mol. The van der Waals surface area contributed by atoms with Crippen LogP contribution in [0.3, 0.4) is 0 Å². The third kappa shape index (κ3) is 2.58. The largest absolute Gasteiger partial charge is 0.217 e. The fraction of sp³-hybridized carbons (Fsp3) is 0.143. The summed E-state index contributed by atoms with van der Waals surface area (Å²) in [5.74, 6) is 0. The van der Waals surface area contributed by atoms with E-state index in [1.54, 1.807) is 12.1 Å². The molecule has 0 aliphatic rings. The van der Waals surface area contributed by atoms with Crippen molar-refractivity contribution in [1.82, 2.24) is 0 Å². The van der Waals surface area contributed by atoms with Crippen LogP contribution in [0.25, 0.3) is 0 Å². The van der Waals surface area contributed by atoms with Crippen LogP contribution in [0.1, 0.15) is 5.56 Å². The first-order valence-electron chi connectivity index (χ1n) is 2.93. The summed E-state index contributed by atoms with van der Waals surface area (Å²) in [6.07, 6.45) is 0. The SMILES string of the molecule is Clc1ccc(Cl)c(C(Cl)(Cl)Cl)c1. The van der Waals surface area contributed by atoms with Crippen molar-refractivity contribution in [2.45, 2.75) is 3.79 Å². The topological polar surface area (TPSA) is 0 Å². The van der Waals surface area contributed by atoms with E-state index in [4.69, 9.17) is 58.0 Å². The van der Waals surface area contributed by atoms with Crippen molar-refractivity contribution < 1.29 is 0 Å². The Morgan fingerprint density at radius 1 is 1.00 bits per heavy atom. The van der Waals surface area contributed by atoms with E-state index >= 15 is 0 Å². The number of hydrogen-bond acceptors (Lipinski definition) is 0. The lowest BCUT2D eigenvalue weighted by molar-refractivity contribution is 1.24. The molecule has 0 nitrogen and oxygen atoms in total. The number of rotatable bonds is 0. The minimum Gasteiger partial charge on any atom is -0.0843 e. The average Bonchev–Trinajstić information content (AvgIpc) is 1.92. The molecule has 1 aromatic carbocycles. The summed E-state index contributed by atoms with van der Waals surface area (Å²) < 4.78 is -1.53. The van der Waals surface area contributed by atoms with Crippen LogP contribution in [0.15, 0.2) is 18.2 Å². The van der Waals surface area contributed by atoms with E-state index in [0.717, 1.165) is 0 Å². The van der Waals surface area contributed by atoms with Gasteiger partial charge < -0.3 is 0 Å². The fourth-order valence-electron chi connectivity index (χ4n) is 0.715. The Morgan fingerprint density at radius 2 is 1.58 bits per heavy atom. The molecule has 0 aromatic heterocycles. The lowest BCUT2D eigenvalue weighted by Crippen LogP contribution is -2.00. The van der Waals surface area contributed by atoms with Crippen LogP contribution in [0.5, 0.6) is 0 Å². The molecule has 12 heavy (non-hydrogen) atoms. The van der Waals surface area contributed by atoms with Gasteiger partial charge in [0.25, 0.3) is 0 Å². The third-order valence-corrected chi connectivity index (χ3v) is 2.41. The molecule has 0 aliphatic carbocycles. The van der Waals surface area contributed by atoms with Crippen LogP contribution in [-0.4, -0.2) is 0 Å². The third-order valence-electron chi connectivity index (χ3n) is 1.23. The molecule has 0 saturated carbocycles. The molecule has 0 unspecified atom stereocenters. The first kappa shape index (κ1) is 10.7. The molecule has 5 heteroatoms. The highest BCUT2D eigenvalue weighted by Crippen LogP contribution is 2.42. The number of benzene rings is 1. The minimum atomic E-state index is -1.53. The number of halogens is 5. The summed E-state index contributed by atoms with van der Waals surface area (Å²) in [5, 5.41) is 0.875. The molecule has 0 aliphatic heterocycles. The molecule has 0 amide bonds. The van der Waals surface area contributed by atoms with Crippen LogP contribution in [0, 0.1) is 0 Å². The van der Waals surface area contributed by atoms with Gasteiger partial charge in [-0.05, 0) is 18.2 Å². The van der Waals surface area contributed by atoms with E-state index in [0.29, 0.717) is 15.6 Å². The van der Waals surface area contributed by atoms with Crippen LogP contribution >= 0.6 is 58.0 Å². The summed E-state index contributed by atoms with van der Waals surface area (Å²) in [4.78, 5) is 0.